The van der Waals surface area contributed by atoms with E-state index in [0.717, 1.165) is 17.5 Å². The monoisotopic (exact) mass is 283 g/mol. The molecule has 3 rings (SSSR count). The second kappa shape index (κ2) is 4.59. The highest BCUT2D eigenvalue weighted by Gasteiger charge is 2.59. The van der Waals surface area contributed by atoms with E-state index in [0.29, 0.717) is 11.7 Å². The first-order valence-electron chi connectivity index (χ1n) is 7.61. The molecule has 0 N–H and O–H groups in total. The fraction of sp³-hybridized carbons (Fsp3) is 0.588. The van der Waals surface area contributed by atoms with E-state index in [2.05, 4.69) is 45.9 Å². The number of nitrogens with zero attached hydrogens (tertiary/aromatic N) is 1. The van der Waals surface area contributed by atoms with Crippen molar-refractivity contribution in [3.05, 3.63) is 34.9 Å². The SMILES string of the molecule is Cc1cc(C2CC2B2OC(C)(C)C(C)(C)O2)ccc1C#N. The zero-order valence-corrected chi connectivity index (χ0v) is 13.4. The molecule has 110 valence electrons. The fourth-order valence-electron chi connectivity index (χ4n) is 3.01. The number of rotatable bonds is 2. The maximum Gasteiger partial charge on any atom is 0.461 e. The van der Waals surface area contributed by atoms with Gasteiger partial charge in [0.25, 0.3) is 0 Å². The maximum atomic E-state index is 9.01. The predicted octanol–water partition coefficient (Wildman–Crippen LogP) is 3.82. The van der Waals surface area contributed by atoms with Crippen LogP contribution in [0.25, 0.3) is 0 Å². The van der Waals surface area contributed by atoms with Crippen LogP contribution in [-0.4, -0.2) is 18.3 Å². The second-order valence-corrected chi connectivity index (χ2v) is 7.32. The minimum Gasteiger partial charge on any atom is -0.403 e. The average molecular weight is 283 g/mol. The Labute approximate surface area is 127 Å². The van der Waals surface area contributed by atoms with Crippen molar-refractivity contribution in [3.8, 4) is 6.07 Å². The molecular formula is C17H22BNO2. The highest BCUT2D eigenvalue weighted by molar-refractivity contribution is 6.49. The van der Waals surface area contributed by atoms with Gasteiger partial charge in [-0.3, -0.25) is 0 Å². The Bertz CT molecular complexity index is 602. The molecule has 1 aromatic rings. The van der Waals surface area contributed by atoms with Gasteiger partial charge in [-0.25, -0.2) is 0 Å². The van der Waals surface area contributed by atoms with E-state index in [1.54, 1.807) is 0 Å². The Morgan fingerprint density at radius 3 is 2.33 bits per heavy atom. The normalized spacial score (nSPS) is 29.2. The molecule has 1 aliphatic heterocycles. The molecule has 4 heteroatoms. The van der Waals surface area contributed by atoms with Gasteiger partial charge < -0.3 is 9.31 Å². The van der Waals surface area contributed by atoms with Crippen LogP contribution < -0.4 is 0 Å². The molecule has 3 nitrogen and oxygen atoms in total. The van der Waals surface area contributed by atoms with Crippen LogP contribution in [0.4, 0.5) is 0 Å². The lowest BCUT2D eigenvalue weighted by molar-refractivity contribution is 0.00578. The molecule has 21 heavy (non-hydrogen) atoms. The van der Waals surface area contributed by atoms with Gasteiger partial charge in [-0.15, -0.1) is 0 Å². The Morgan fingerprint density at radius 2 is 1.81 bits per heavy atom. The van der Waals surface area contributed by atoms with Crippen LogP contribution in [0.5, 0.6) is 0 Å². The third-order valence-corrected chi connectivity index (χ3v) is 5.26. The number of nitriles is 1. The van der Waals surface area contributed by atoms with Crippen LogP contribution in [0.3, 0.4) is 0 Å². The summed E-state index contributed by atoms with van der Waals surface area (Å²) in [6, 6.07) is 8.35. The summed E-state index contributed by atoms with van der Waals surface area (Å²) in [5, 5.41) is 9.01. The molecule has 1 saturated carbocycles. The summed E-state index contributed by atoms with van der Waals surface area (Å²) in [5.41, 5.74) is 2.59. The lowest BCUT2D eigenvalue weighted by atomic mass is 9.79. The zero-order chi connectivity index (χ0) is 15.4. The van der Waals surface area contributed by atoms with Crippen LogP contribution in [0.2, 0.25) is 5.82 Å². The average Bonchev–Trinajstić information content (AvgIpc) is 3.13. The number of benzene rings is 1. The van der Waals surface area contributed by atoms with Gasteiger partial charge in [0.2, 0.25) is 0 Å². The lowest BCUT2D eigenvalue weighted by Crippen LogP contribution is -2.41. The van der Waals surface area contributed by atoms with Crippen LogP contribution >= 0.6 is 0 Å². The van der Waals surface area contributed by atoms with Gasteiger partial charge in [-0.1, -0.05) is 12.1 Å². The summed E-state index contributed by atoms with van der Waals surface area (Å²) in [5.74, 6) is 0.921. The molecule has 1 heterocycles. The number of hydrogen-bond acceptors (Lipinski definition) is 3. The lowest BCUT2D eigenvalue weighted by Gasteiger charge is -2.32. The van der Waals surface area contributed by atoms with E-state index in [9.17, 15) is 0 Å². The van der Waals surface area contributed by atoms with Gasteiger partial charge in [-0.05, 0) is 64.2 Å². The van der Waals surface area contributed by atoms with Crippen molar-refractivity contribution in [2.24, 2.45) is 0 Å². The van der Waals surface area contributed by atoms with Crippen molar-refractivity contribution in [2.45, 2.75) is 64.0 Å². The zero-order valence-electron chi connectivity index (χ0n) is 13.4. The molecule has 1 aromatic carbocycles. The summed E-state index contributed by atoms with van der Waals surface area (Å²) >= 11 is 0. The van der Waals surface area contributed by atoms with Crippen molar-refractivity contribution in [2.75, 3.05) is 0 Å². The summed E-state index contributed by atoms with van der Waals surface area (Å²) in [6.45, 7) is 10.4. The van der Waals surface area contributed by atoms with E-state index in [1.165, 1.54) is 5.56 Å². The first-order chi connectivity index (χ1) is 9.75. The fourth-order valence-corrected chi connectivity index (χ4v) is 3.01. The molecule has 2 aliphatic rings. The van der Waals surface area contributed by atoms with Crippen LogP contribution in [-0.2, 0) is 9.31 Å². The summed E-state index contributed by atoms with van der Waals surface area (Å²) < 4.78 is 12.3. The van der Waals surface area contributed by atoms with Gasteiger partial charge in [0.15, 0.2) is 0 Å². The molecule has 0 amide bonds. The highest BCUT2D eigenvalue weighted by Crippen LogP contribution is 2.58. The number of hydrogen-bond donors (Lipinski definition) is 0. The van der Waals surface area contributed by atoms with Crippen molar-refractivity contribution in [1.29, 1.82) is 5.26 Å². The van der Waals surface area contributed by atoms with Gasteiger partial charge >= 0.3 is 7.12 Å². The largest absolute Gasteiger partial charge is 0.461 e. The van der Waals surface area contributed by atoms with Gasteiger partial charge in [-0.2, -0.15) is 5.26 Å². The van der Waals surface area contributed by atoms with E-state index >= 15 is 0 Å². The minimum atomic E-state index is -0.259. The van der Waals surface area contributed by atoms with E-state index in [4.69, 9.17) is 14.6 Å². The highest BCUT2D eigenvalue weighted by atomic mass is 16.7. The van der Waals surface area contributed by atoms with Crippen LogP contribution in [0, 0.1) is 18.3 Å². The summed E-state index contributed by atoms with van der Waals surface area (Å²) in [6.07, 6.45) is 1.10. The molecule has 0 spiro atoms. The van der Waals surface area contributed by atoms with Gasteiger partial charge in [0.1, 0.15) is 0 Å². The van der Waals surface area contributed by atoms with Gasteiger partial charge in [0.05, 0.1) is 22.8 Å². The quantitative estimate of drug-likeness (QED) is 0.775. The Balaban J connectivity index is 1.73. The standard InChI is InChI=1S/C17H22BNO2/c1-11-8-12(6-7-13(11)10-19)14-9-15(14)18-20-16(2,3)17(4,5)21-18/h6-8,14-15H,9H2,1-5H3. The molecule has 0 aromatic heterocycles. The molecule has 1 saturated heterocycles. The van der Waals surface area contributed by atoms with Crippen LogP contribution in [0.1, 0.15) is 56.7 Å². The van der Waals surface area contributed by atoms with Crippen molar-refractivity contribution < 1.29 is 9.31 Å². The molecular weight excluding hydrogens is 261 g/mol. The van der Waals surface area contributed by atoms with E-state index in [-0.39, 0.29) is 18.3 Å². The molecule has 1 aliphatic carbocycles. The summed E-state index contributed by atoms with van der Waals surface area (Å²) in [4.78, 5) is 0. The minimum absolute atomic E-state index is 0.115. The molecule has 0 bridgehead atoms. The Kier molecular flexibility index (Phi) is 3.20. The van der Waals surface area contributed by atoms with Crippen molar-refractivity contribution >= 4 is 7.12 Å². The molecule has 2 unspecified atom stereocenters. The molecule has 0 radical (unpaired) electrons. The maximum absolute atomic E-state index is 9.01. The third-order valence-electron chi connectivity index (χ3n) is 5.26. The number of aryl methyl sites for hydroxylation is 1. The van der Waals surface area contributed by atoms with Crippen molar-refractivity contribution in [1.82, 2.24) is 0 Å². The second-order valence-electron chi connectivity index (χ2n) is 7.32. The van der Waals surface area contributed by atoms with Crippen molar-refractivity contribution in [3.63, 3.8) is 0 Å². The Hall–Kier alpha value is -1.31. The van der Waals surface area contributed by atoms with E-state index < -0.39 is 0 Å². The Morgan fingerprint density at radius 1 is 1.19 bits per heavy atom. The first kappa shape index (κ1) is 14.6. The summed E-state index contributed by atoms with van der Waals surface area (Å²) in [7, 11) is -0.115. The third kappa shape index (κ3) is 2.39. The topological polar surface area (TPSA) is 42.2 Å². The first-order valence-corrected chi connectivity index (χ1v) is 7.61. The van der Waals surface area contributed by atoms with Gasteiger partial charge in [0, 0.05) is 5.82 Å². The molecule has 2 fully saturated rings. The van der Waals surface area contributed by atoms with Crippen LogP contribution in [0.15, 0.2) is 18.2 Å². The predicted molar refractivity (Wildman–Crippen MR) is 83.1 cm³/mol. The molecule has 2 atom stereocenters. The van der Waals surface area contributed by atoms with E-state index in [1.807, 2.05) is 13.0 Å². The smallest absolute Gasteiger partial charge is 0.403 e.